The van der Waals surface area contributed by atoms with E-state index in [0.29, 0.717) is 17.2 Å². The third-order valence-electron chi connectivity index (χ3n) is 2.25. The van der Waals surface area contributed by atoms with Crippen molar-refractivity contribution in [1.82, 2.24) is 14.4 Å². The Morgan fingerprint density at radius 1 is 1.53 bits per heavy atom. The maximum Gasteiger partial charge on any atom is 0.354 e. The number of carboxylic acid groups (broad SMARTS) is 1. The van der Waals surface area contributed by atoms with E-state index >= 15 is 0 Å². The van der Waals surface area contributed by atoms with Crippen LogP contribution in [0.4, 0.5) is 0 Å². The lowest BCUT2D eigenvalue weighted by Crippen LogP contribution is -2.06. The van der Waals surface area contributed by atoms with E-state index in [9.17, 15) is 4.79 Å². The Morgan fingerprint density at radius 3 is 2.88 bits per heavy atom. The van der Waals surface area contributed by atoms with Crippen LogP contribution in [0.5, 0.6) is 5.75 Å². The van der Waals surface area contributed by atoms with Crippen LogP contribution in [0.3, 0.4) is 0 Å². The molecule has 7 heteroatoms. The molecule has 0 spiro atoms. The number of aromatic carboxylic acids is 1. The summed E-state index contributed by atoms with van der Waals surface area (Å²) in [5.41, 5.74) is 0.369. The normalized spacial score (nSPS) is 10.7. The Kier molecular flexibility index (Phi) is 2.92. The monoisotopic (exact) mass is 237 g/mol. The van der Waals surface area contributed by atoms with Crippen molar-refractivity contribution in [2.75, 3.05) is 14.2 Å². The molecule has 2 rings (SSSR count). The molecule has 17 heavy (non-hydrogen) atoms. The molecule has 2 aromatic rings. The minimum Gasteiger partial charge on any atom is -0.494 e. The summed E-state index contributed by atoms with van der Waals surface area (Å²) in [5, 5.41) is 9.16. The number of carbonyl (C=O) groups is 1. The van der Waals surface area contributed by atoms with Crippen molar-refractivity contribution in [1.29, 1.82) is 0 Å². The molecule has 0 aliphatic heterocycles. The van der Waals surface area contributed by atoms with Gasteiger partial charge in [0, 0.05) is 7.11 Å². The zero-order valence-corrected chi connectivity index (χ0v) is 9.38. The molecule has 0 aromatic carbocycles. The lowest BCUT2D eigenvalue weighted by Gasteiger charge is -2.01. The number of fused-ring (bicyclic) bond motifs is 1. The van der Waals surface area contributed by atoms with Gasteiger partial charge in [-0.25, -0.2) is 14.8 Å². The highest BCUT2D eigenvalue weighted by molar-refractivity contribution is 5.88. The summed E-state index contributed by atoms with van der Waals surface area (Å²) in [6.45, 7) is 0.118. The van der Waals surface area contributed by atoms with Crippen molar-refractivity contribution < 1.29 is 19.4 Å². The molecule has 0 bridgehead atoms. The van der Waals surface area contributed by atoms with Crippen LogP contribution in [0.25, 0.3) is 5.78 Å². The molecular weight excluding hydrogens is 226 g/mol. The molecule has 0 aliphatic rings. The second kappa shape index (κ2) is 4.38. The molecule has 1 N–H and O–H groups in total. The molecule has 0 aliphatic carbocycles. The van der Waals surface area contributed by atoms with Crippen LogP contribution < -0.4 is 4.74 Å². The van der Waals surface area contributed by atoms with E-state index in [-0.39, 0.29) is 12.3 Å². The number of imidazole rings is 1. The Labute approximate surface area is 96.6 Å². The maximum absolute atomic E-state index is 11.2. The van der Waals surface area contributed by atoms with Gasteiger partial charge in [0.15, 0.2) is 11.4 Å². The molecule has 0 saturated carbocycles. The van der Waals surface area contributed by atoms with Crippen molar-refractivity contribution in [3.8, 4) is 5.75 Å². The van der Waals surface area contributed by atoms with Gasteiger partial charge in [-0.1, -0.05) is 0 Å². The number of hydrogen-bond acceptors (Lipinski definition) is 5. The Bertz CT molecular complexity index is 564. The summed E-state index contributed by atoms with van der Waals surface area (Å²) < 4.78 is 11.3. The quantitative estimate of drug-likeness (QED) is 0.837. The van der Waals surface area contributed by atoms with Crippen LogP contribution in [0.15, 0.2) is 12.4 Å². The minimum absolute atomic E-state index is 0.0354. The van der Waals surface area contributed by atoms with E-state index in [4.69, 9.17) is 14.6 Å². The smallest absolute Gasteiger partial charge is 0.354 e. The highest BCUT2D eigenvalue weighted by Crippen LogP contribution is 2.16. The fourth-order valence-corrected chi connectivity index (χ4v) is 1.53. The highest BCUT2D eigenvalue weighted by atomic mass is 16.5. The first-order chi connectivity index (χ1) is 8.17. The number of ether oxygens (including phenoxy) is 2. The molecule has 2 aromatic heterocycles. The van der Waals surface area contributed by atoms with E-state index in [1.807, 2.05) is 0 Å². The molecule has 0 radical (unpaired) electrons. The van der Waals surface area contributed by atoms with Crippen LogP contribution in [0.1, 0.15) is 16.2 Å². The van der Waals surface area contributed by atoms with Gasteiger partial charge in [-0.2, -0.15) is 0 Å². The standard InChI is InChI=1S/C10H11N3O4/c1-16-5-7-8(9(14)15)13-4-6(17-2)3-11-10(13)12-7/h3-4H,5H2,1-2H3,(H,14,15). The molecule has 0 fully saturated rings. The second-order valence-corrected chi connectivity index (χ2v) is 3.31. The predicted molar refractivity (Wildman–Crippen MR) is 57.2 cm³/mol. The zero-order valence-electron chi connectivity index (χ0n) is 9.38. The van der Waals surface area contributed by atoms with Crippen LogP contribution in [-0.4, -0.2) is 39.7 Å². The molecule has 0 saturated heterocycles. The van der Waals surface area contributed by atoms with Crippen molar-refractivity contribution in [3.05, 3.63) is 23.8 Å². The molecule has 0 unspecified atom stereocenters. The van der Waals surface area contributed by atoms with Crippen LogP contribution in [-0.2, 0) is 11.3 Å². The van der Waals surface area contributed by atoms with Gasteiger partial charge in [0.05, 0.1) is 26.1 Å². The number of aromatic nitrogens is 3. The lowest BCUT2D eigenvalue weighted by atomic mass is 10.3. The molecule has 0 amide bonds. The van der Waals surface area contributed by atoms with Crippen molar-refractivity contribution >= 4 is 11.7 Å². The van der Waals surface area contributed by atoms with E-state index in [1.54, 1.807) is 0 Å². The summed E-state index contributed by atoms with van der Waals surface area (Å²) >= 11 is 0. The molecule has 7 nitrogen and oxygen atoms in total. The molecule has 0 atom stereocenters. The van der Waals surface area contributed by atoms with Gasteiger partial charge in [0.1, 0.15) is 5.69 Å². The number of nitrogens with zero attached hydrogens (tertiary/aromatic N) is 3. The maximum atomic E-state index is 11.2. The third kappa shape index (κ3) is 1.92. The van der Waals surface area contributed by atoms with Gasteiger partial charge in [-0.15, -0.1) is 0 Å². The summed E-state index contributed by atoms with van der Waals surface area (Å²) in [6, 6.07) is 0. The van der Waals surface area contributed by atoms with Gasteiger partial charge < -0.3 is 14.6 Å². The predicted octanol–water partition coefficient (Wildman–Crippen LogP) is 0.583. The first-order valence-electron chi connectivity index (χ1n) is 4.80. The van der Waals surface area contributed by atoms with Gasteiger partial charge in [-0.3, -0.25) is 4.40 Å². The number of methoxy groups -OCH3 is 2. The molecule has 90 valence electrons. The Hall–Kier alpha value is -2.15. The van der Waals surface area contributed by atoms with Gasteiger partial charge in [-0.05, 0) is 0 Å². The summed E-state index contributed by atoms with van der Waals surface area (Å²) in [4.78, 5) is 19.3. The third-order valence-corrected chi connectivity index (χ3v) is 2.25. The Balaban J connectivity index is 2.68. The van der Waals surface area contributed by atoms with Crippen molar-refractivity contribution in [2.24, 2.45) is 0 Å². The van der Waals surface area contributed by atoms with Gasteiger partial charge in [0.2, 0.25) is 5.78 Å². The summed E-state index contributed by atoms with van der Waals surface area (Å²) in [5.74, 6) is -0.323. The topological polar surface area (TPSA) is 86.0 Å². The van der Waals surface area contributed by atoms with E-state index in [2.05, 4.69) is 9.97 Å². The highest BCUT2D eigenvalue weighted by Gasteiger charge is 2.19. The van der Waals surface area contributed by atoms with Crippen LogP contribution in [0.2, 0.25) is 0 Å². The largest absolute Gasteiger partial charge is 0.494 e. The number of rotatable bonds is 4. The van der Waals surface area contributed by atoms with Crippen molar-refractivity contribution in [2.45, 2.75) is 6.61 Å². The number of carboxylic acids is 1. The van der Waals surface area contributed by atoms with Crippen molar-refractivity contribution in [3.63, 3.8) is 0 Å². The molecule has 2 heterocycles. The first-order valence-corrected chi connectivity index (χ1v) is 4.80. The van der Waals surface area contributed by atoms with E-state index in [1.165, 1.54) is 31.0 Å². The average molecular weight is 237 g/mol. The molecular formula is C10H11N3O4. The SMILES string of the molecule is COCc1nc2ncc(OC)cn2c1C(=O)O. The second-order valence-electron chi connectivity index (χ2n) is 3.31. The van der Waals surface area contributed by atoms with Gasteiger partial charge >= 0.3 is 5.97 Å². The fourth-order valence-electron chi connectivity index (χ4n) is 1.53. The average Bonchev–Trinajstić information content (AvgIpc) is 2.66. The van der Waals surface area contributed by atoms with Crippen LogP contribution in [0, 0.1) is 0 Å². The number of hydrogen-bond donors (Lipinski definition) is 1. The van der Waals surface area contributed by atoms with E-state index in [0.717, 1.165) is 0 Å². The zero-order chi connectivity index (χ0) is 12.4. The van der Waals surface area contributed by atoms with E-state index < -0.39 is 5.97 Å². The first kappa shape index (κ1) is 11.3. The summed E-state index contributed by atoms with van der Waals surface area (Å²) in [6.07, 6.45) is 3.00. The lowest BCUT2D eigenvalue weighted by molar-refractivity contribution is 0.0683. The van der Waals surface area contributed by atoms with Gasteiger partial charge in [0.25, 0.3) is 0 Å². The fraction of sp³-hybridized carbons (Fsp3) is 0.300. The minimum atomic E-state index is -1.08. The van der Waals surface area contributed by atoms with Crippen LogP contribution >= 0.6 is 0 Å². The summed E-state index contributed by atoms with van der Waals surface area (Å²) in [7, 11) is 2.96. The Morgan fingerprint density at radius 2 is 2.29 bits per heavy atom.